The summed E-state index contributed by atoms with van der Waals surface area (Å²) in [4.78, 5) is 21.7. The predicted octanol–water partition coefficient (Wildman–Crippen LogP) is 0.719. The van der Waals surface area contributed by atoms with E-state index in [0.717, 1.165) is 0 Å². The van der Waals surface area contributed by atoms with Crippen LogP contribution >= 0.6 is 0 Å². The van der Waals surface area contributed by atoms with Gasteiger partial charge < -0.3 is 4.90 Å². The molecule has 0 aromatic rings. The zero-order chi connectivity index (χ0) is 7.98. The van der Waals surface area contributed by atoms with E-state index in [9.17, 15) is 9.70 Å². The summed E-state index contributed by atoms with van der Waals surface area (Å²) in [5, 5.41) is 2.26. The lowest BCUT2D eigenvalue weighted by Crippen LogP contribution is -2.36. The van der Waals surface area contributed by atoms with Gasteiger partial charge in [-0.15, -0.1) is 4.91 Å². The smallest absolute Gasteiger partial charge is 0.324 e. The second kappa shape index (κ2) is 4.72. The summed E-state index contributed by atoms with van der Waals surface area (Å²) in [5.74, 6) is 0. The molecule has 0 aliphatic rings. The van der Waals surface area contributed by atoms with Crippen molar-refractivity contribution in [3.8, 4) is 0 Å². The molecule has 0 rings (SSSR count). The van der Waals surface area contributed by atoms with Crippen molar-refractivity contribution in [2.24, 2.45) is 5.29 Å². The van der Waals surface area contributed by atoms with Gasteiger partial charge in [0.05, 0.1) is 5.29 Å². The zero-order valence-electron chi connectivity index (χ0n) is 6.13. The number of rotatable bonds is 3. The van der Waals surface area contributed by atoms with Crippen LogP contribution in [0.25, 0.3) is 0 Å². The molecule has 0 unspecified atom stereocenters. The van der Waals surface area contributed by atoms with E-state index in [1.807, 2.05) is 13.8 Å². The van der Waals surface area contributed by atoms with Crippen molar-refractivity contribution in [2.45, 2.75) is 13.8 Å². The van der Waals surface area contributed by atoms with Gasteiger partial charge >= 0.3 is 6.03 Å². The van der Waals surface area contributed by atoms with Gasteiger partial charge in [0.2, 0.25) is 0 Å². The monoisotopic (exact) mass is 145 g/mol. The van der Waals surface area contributed by atoms with E-state index in [0.29, 0.717) is 13.1 Å². The van der Waals surface area contributed by atoms with Crippen molar-refractivity contribution >= 4 is 6.03 Å². The van der Waals surface area contributed by atoms with Crippen LogP contribution in [0.15, 0.2) is 5.29 Å². The number of carbonyl (C=O) groups is 1. The third-order valence-corrected chi connectivity index (χ3v) is 1.19. The first kappa shape index (κ1) is 8.87. The summed E-state index contributed by atoms with van der Waals surface area (Å²) in [7, 11) is 0. The molecule has 0 aromatic carbocycles. The van der Waals surface area contributed by atoms with Gasteiger partial charge in [-0.05, 0) is 13.8 Å². The summed E-state index contributed by atoms with van der Waals surface area (Å²) < 4.78 is 0. The lowest BCUT2D eigenvalue weighted by Gasteiger charge is -2.15. The molecule has 0 aliphatic carbocycles. The second-order valence-electron chi connectivity index (χ2n) is 1.68. The Morgan fingerprint density at radius 3 is 2.30 bits per heavy atom. The minimum Gasteiger partial charge on any atom is -0.324 e. The Balaban J connectivity index is 3.76. The van der Waals surface area contributed by atoms with Crippen molar-refractivity contribution in [3.63, 3.8) is 0 Å². The summed E-state index contributed by atoms with van der Waals surface area (Å²) in [6.45, 7) is 4.82. The van der Waals surface area contributed by atoms with Crippen molar-refractivity contribution in [2.75, 3.05) is 13.1 Å². The molecule has 5 heteroatoms. The molecule has 0 aromatic heterocycles. The van der Waals surface area contributed by atoms with Crippen molar-refractivity contribution in [3.05, 3.63) is 4.91 Å². The van der Waals surface area contributed by atoms with Crippen LogP contribution in [0.1, 0.15) is 13.8 Å². The molecule has 2 amide bonds. The number of nitrogens with one attached hydrogen (secondary N) is 1. The third-order valence-electron chi connectivity index (χ3n) is 1.19. The maximum absolute atomic E-state index is 10.7. The highest BCUT2D eigenvalue weighted by molar-refractivity contribution is 5.73. The molecule has 0 fully saturated rings. The van der Waals surface area contributed by atoms with Gasteiger partial charge in [-0.25, -0.2) is 4.79 Å². The molecular weight excluding hydrogens is 134 g/mol. The number of carbonyl (C=O) groups excluding carboxylic acids is 1. The molecular formula is C5H11N3O2. The molecule has 0 spiro atoms. The van der Waals surface area contributed by atoms with Crippen molar-refractivity contribution in [1.29, 1.82) is 0 Å². The van der Waals surface area contributed by atoms with E-state index in [1.54, 1.807) is 5.43 Å². The predicted molar refractivity (Wildman–Crippen MR) is 37.2 cm³/mol. The lowest BCUT2D eigenvalue weighted by atomic mass is 10.5. The van der Waals surface area contributed by atoms with Gasteiger partial charge in [-0.2, -0.15) is 5.43 Å². The zero-order valence-corrected chi connectivity index (χ0v) is 6.13. The lowest BCUT2D eigenvalue weighted by molar-refractivity contribution is 0.203. The average molecular weight is 145 g/mol. The minimum absolute atomic E-state index is 0.444. The second-order valence-corrected chi connectivity index (χ2v) is 1.68. The number of amides is 2. The van der Waals surface area contributed by atoms with Crippen LogP contribution in [0.4, 0.5) is 4.79 Å². The van der Waals surface area contributed by atoms with Gasteiger partial charge in [-0.3, -0.25) is 0 Å². The highest BCUT2D eigenvalue weighted by Crippen LogP contribution is 1.86. The first-order valence-electron chi connectivity index (χ1n) is 3.13. The van der Waals surface area contributed by atoms with E-state index >= 15 is 0 Å². The fourth-order valence-electron chi connectivity index (χ4n) is 0.621. The minimum atomic E-state index is -0.444. The third kappa shape index (κ3) is 2.43. The number of hydrogen-bond acceptors (Lipinski definition) is 3. The molecule has 0 saturated carbocycles. The quantitative estimate of drug-likeness (QED) is 0.469. The largest absolute Gasteiger partial charge is 0.340 e. The maximum atomic E-state index is 10.7. The average Bonchev–Trinajstić information content (AvgIpc) is 1.91. The molecule has 0 saturated heterocycles. The van der Waals surface area contributed by atoms with E-state index in [4.69, 9.17) is 0 Å². The summed E-state index contributed by atoms with van der Waals surface area (Å²) >= 11 is 0. The molecule has 0 aliphatic heterocycles. The Morgan fingerprint density at radius 2 is 2.00 bits per heavy atom. The first-order chi connectivity index (χ1) is 4.76. The fourth-order valence-corrected chi connectivity index (χ4v) is 0.621. The van der Waals surface area contributed by atoms with Crippen LogP contribution < -0.4 is 5.43 Å². The van der Waals surface area contributed by atoms with E-state index in [2.05, 4.69) is 5.29 Å². The molecule has 0 radical (unpaired) electrons. The summed E-state index contributed by atoms with van der Waals surface area (Å²) in [6.07, 6.45) is 0. The van der Waals surface area contributed by atoms with Crippen molar-refractivity contribution in [1.82, 2.24) is 10.3 Å². The van der Waals surface area contributed by atoms with Crippen LogP contribution in [0.5, 0.6) is 0 Å². The first-order valence-corrected chi connectivity index (χ1v) is 3.13. The van der Waals surface area contributed by atoms with E-state index < -0.39 is 6.03 Å². The van der Waals surface area contributed by atoms with Crippen LogP contribution in [0.2, 0.25) is 0 Å². The van der Waals surface area contributed by atoms with Gasteiger partial charge in [0.25, 0.3) is 0 Å². The highest BCUT2D eigenvalue weighted by Gasteiger charge is 2.06. The molecule has 58 valence electrons. The van der Waals surface area contributed by atoms with Crippen molar-refractivity contribution < 1.29 is 4.79 Å². The SMILES string of the molecule is CCN(CC)C(=O)NN=O. The number of hydrogen-bond donors (Lipinski definition) is 1. The Labute approximate surface area is 59.3 Å². The van der Waals surface area contributed by atoms with Gasteiger partial charge in [0.15, 0.2) is 0 Å². The maximum Gasteiger partial charge on any atom is 0.340 e. The van der Waals surface area contributed by atoms with Crippen LogP contribution in [-0.4, -0.2) is 24.0 Å². The van der Waals surface area contributed by atoms with Gasteiger partial charge in [0.1, 0.15) is 0 Å². The van der Waals surface area contributed by atoms with E-state index in [-0.39, 0.29) is 0 Å². The standard InChI is InChI=1S/C5H11N3O2/c1-3-8(4-2)5(9)6-7-10/h3-4H2,1-2H3,(H,6,9,10). The molecule has 0 atom stereocenters. The van der Waals surface area contributed by atoms with Crippen LogP contribution in [0, 0.1) is 4.91 Å². The van der Waals surface area contributed by atoms with Crippen LogP contribution in [-0.2, 0) is 0 Å². The number of urea groups is 1. The normalized spacial score (nSPS) is 8.60. The molecule has 0 bridgehead atoms. The Bertz CT molecular complexity index is 122. The molecule has 0 heterocycles. The van der Waals surface area contributed by atoms with Gasteiger partial charge in [0, 0.05) is 13.1 Å². The Hall–Kier alpha value is -1.13. The van der Waals surface area contributed by atoms with Gasteiger partial charge in [-0.1, -0.05) is 0 Å². The molecule has 10 heavy (non-hydrogen) atoms. The van der Waals surface area contributed by atoms with Crippen LogP contribution in [0.3, 0.4) is 0 Å². The fraction of sp³-hybridized carbons (Fsp3) is 0.800. The summed E-state index contributed by atoms with van der Waals surface area (Å²) in [6, 6.07) is -0.444. The Morgan fingerprint density at radius 1 is 1.50 bits per heavy atom. The summed E-state index contributed by atoms with van der Waals surface area (Å²) in [5.41, 5.74) is 1.80. The number of nitrogens with zero attached hydrogens (tertiary/aromatic N) is 2. The topological polar surface area (TPSA) is 61.8 Å². The number of nitroso groups, excluding NO2 is 1. The Kier molecular flexibility index (Phi) is 4.19. The molecule has 5 nitrogen and oxygen atoms in total. The highest BCUT2D eigenvalue weighted by atomic mass is 16.3. The van der Waals surface area contributed by atoms with E-state index in [1.165, 1.54) is 4.90 Å². The molecule has 1 N–H and O–H groups in total.